The number of ether oxygens (including phenoxy) is 1. The van der Waals surface area contributed by atoms with E-state index >= 15 is 0 Å². The van der Waals surface area contributed by atoms with Gasteiger partial charge in [-0.15, -0.1) is 0 Å². The topological polar surface area (TPSA) is 67.4 Å². The molecule has 1 N–H and O–H groups in total. The lowest BCUT2D eigenvalue weighted by molar-refractivity contribution is 0.0746. The van der Waals surface area contributed by atoms with E-state index in [-0.39, 0.29) is 5.91 Å². The van der Waals surface area contributed by atoms with Gasteiger partial charge < -0.3 is 15.0 Å². The fraction of sp³-hybridized carbons (Fsp3) is 0.190. The van der Waals surface area contributed by atoms with E-state index in [1.165, 1.54) is 12.4 Å². The summed E-state index contributed by atoms with van der Waals surface area (Å²) in [6.07, 6.45) is 3.01. The number of anilines is 2. The largest absolute Gasteiger partial charge is 0.495 e. The summed E-state index contributed by atoms with van der Waals surface area (Å²) in [7, 11) is 1.56. The van der Waals surface area contributed by atoms with Gasteiger partial charge in [-0.25, -0.2) is 9.97 Å². The van der Waals surface area contributed by atoms with E-state index in [4.69, 9.17) is 16.3 Å². The fourth-order valence-corrected chi connectivity index (χ4v) is 2.95. The second kappa shape index (κ2) is 9.19. The molecule has 1 aromatic heterocycles. The zero-order valence-corrected chi connectivity index (χ0v) is 16.5. The van der Waals surface area contributed by atoms with Crippen LogP contribution in [0.2, 0.25) is 5.02 Å². The molecule has 0 radical (unpaired) electrons. The number of rotatable bonds is 7. The van der Waals surface area contributed by atoms with Crippen LogP contribution < -0.4 is 10.1 Å². The highest BCUT2D eigenvalue weighted by Gasteiger charge is 2.16. The van der Waals surface area contributed by atoms with Crippen LogP contribution in [0.4, 0.5) is 11.5 Å². The maximum atomic E-state index is 12.7. The molecule has 1 heterocycles. The third kappa shape index (κ3) is 4.78. The number of hydrogen-bond acceptors (Lipinski definition) is 5. The molecule has 0 spiro atoms. The van der Waals surface area contributed by atoms with Crippen molar-refractivity contribution in [3.8, 4) is 5.75 Å². The van der Waals surface area contributed by atoms with Gasteiger partial charge in [0, 0.05) is 18.8 Å². The second-order valence-corrected chi connectivity index (χ2v) is 6.47. The van der Waals surface area contributed by atoms with Crippen LogP contribution in [0.15, 0.2) is 60.9 Å². The molecule has 2 aromatic carbocycles. The molecule has 0 fully saturated rings. The Labute approximate surface area is 169 Å². The van der Waals surface area contributed by atoms with Gasteiger partial charge >= 0.3 is 0 Å². The number of benzene rings is 2. The maximum absolute atomic E-state index is 12.7. The summed E-state index contributed by atoms with van der Waals surface area (Å²) in [4.78, 5) is 23.0. The number of aromatic nitrogens is 2. The van der Waals surface area contributed by atoms with Crippen LogP contribution in [-0.4, -0.2) is 34.4 Å². The molecular weight excluding hydrogens is 376 g/mol. The van der Waals surface area contributed by atoms with Gasteiger partial charge in [0.25, 0.3) is 5.91 Å². The fourth-order valence-electron chi connectivity index (χ4n) is 2.69. The Balaban J connectivity index is 1.69. The third-order valence-electron chi connectivity index (χ3n) is 4.18. The van der Waals surface area contributed by atoms with Crippen molar-refractivity contribution in [3.05, 3.63) is 77.2 Å². The number of amides is 1. The molecule has 144 valence electrons. The lowest BCUT2D eigenvalue weighted by Crippen LogP contribution is -2.31. The van der Waals surface area contributed by atoms with Crippen LogP contribution in [0.25, 0.3) is 0 Å². The van der Waals surface area contributed by atoms with Crippen LogP contribution in [0.5, 0.6) is 5.75 Å². The third-order valence-corrected chi connectivity index (χ3v) is 4.48. The Hall–Kier alpha value is -3.12. The van der Waals surface area contributed by atoms with Crippen molar-refractivity contribution in [2.45, 2.75) is 13.5 Å². The molecule has 0 bridgehead atoms. The van der Waals surface area contributed by atoms with Crippen molar-refractivity contribution in [3.63, 3.8) is 0 Å². The Morgan fingerprint density at radius 1 is 1.14 bits per heavy atom. The molecule has 28 heavy (non-hydrogen) atoms. The first-order chi connectivity index (χ1) is 13.6. The summed E-state index contributed by atoms with van der Waals surface area (Å²) >= 11 is 6.13. The summed E-state index contributed by atoms with van der Waals surface area (Å²) in [5.41, 5.74) is 2.12. The normalized spacial score (nSPS) is 10.4. The van der Waals surface area contributed by atoms with E-state index in [0.717, 1.165) is 11.3 Å². The van der Waals surface area contributed by atoms with E-state index in [9.17, 15) is 4.79 Å². The smallest absolute Gasteiger partial charge is 0.274 e. The predicted molar refractivity (Wildman–Crippen MR) is 110 cm³/mol. The molecule has 0 aliphatic rings. The minimum absolute atomic E-state index is 0.155. The van der Waals surface area contributed by atoms with Crippen LogP contribution >= 0.6 is 11.6 Å². The summed E-state index contributed by atoms with van der Waals surface area (Å²) < 4.78 is 5.14. The van der Waals surface area contributed by atoms with E-state index in [1.807, 2.05) is 43.3 Å². The van der Waals surface area contributed by atoms with Gasteiger partial charge in [-0.3, -0.25) is 4.79 Å². The van der Waals surface area contributed by atoms with E-state index < -0.39 is 0 Å². The average molecular weight is 397 g/mol. The van der Waals surface area contributed by atoms with Crippen LogP contribution in [0, 0.1) is 0 Å². The first-order valence-corrected chi connectivity index (χ1v) is 9.24. The Morgan fingerprint density at radius 3 is 2.54 bits per heavy atom. The van der Waals surface area contributed by atoms with Crippen molar-refractivity contribution in [1.29, 1.82) is 0 Å². The molecule has 0 saturated carbocycles. The monoisotopic (exact) mass is 396 g/mol. The zero-order chi connectivity index (χ0) is 19.9. The molecule has 0 atom stereocenters. The Morgan fingerprint density at radius 2 is 1.93 bits per heavy atom. The summed E-state index contributed by atoms with van der Waals surface area (Å²) in [6.45, 7) is 3.06. The Kier molecular flexibility index (Phi) is 6.45. The van der Waals surface area contributed by atoms with Gasteiger partial charge in [-0.05, 0) is 30.7 Å². The quantitative estimate of drug-likeness (QED) is 0.634. The van der Waals surface area contributed by atoms with Crippen molar-refractivity contribution in [1.82, 2.24) is 14.9 Å². The molecule has 3 rings (SSSR count). The van der Waals surface area contributed by atoms with Gasteiger partial charge in [0.15, 0.2) is 0 Å². The number of carbonyl (C=O) groups is 1. The lowest BCUT2D eigenvalue weighted by atomic mass is 10.2. The number of methoxy groups -OCH3 is 1. The standard InChI is InChI=1S/C21H21ClN4O2/c1-3-26(14-15-7-5-4-6-8-15)21(27)18-12-24-20(13-23-18)25-16-9-10-19(28-2)17(22)11-16/h4-13H,3,14H2,1-2H3,(H,24,25). The molecule has 7 heteroatoms. The second-order valence-electron chi connectivity index (χ2n) is 6.07. The highest BCUT2D eigenvalue weighted by molar-refractivity contribution is 6.32. The highest BCUT2D eigenvalue weighted by atomic mass is 35.5. The van der Waals surface area contributed by atoms with Crippen molar-refractivity contribution in [2.75, 3.05) is 19.0 Å². The molecule has 3 aromatic rings. The van der Waals surface area contributed by atoms with Crippen LogP contribution in [0.3, 0.4) is 0 Å². The molecule has 0 saturated heterocycles. The highest BCUT2D eigenvalue weighted by Crippen LogP contribution is 2.28. The molecular formula is C21H21ClN4O2. The van der Waals surface area contributed by atoms with Crippen molar-refractivity contribution < 1.29 is 9.53 Å². The lowest BCUT2D eigenvalue weighted by Gasteiger charge is -2.20. The number of halogens is 1. The number of nitrogens with zero attached hydrogens (tertiary/aromatic N) is 3. The minimum atomic E-state index is -0.155. The van der Waals surface area contributed by atoms with Crippen molar-refractivity contribution >= 4 is 29.0 Å². The number of carbonyl (C=O) groups excluding carboxylic acids is 1. The van der Waals surface area contributed by atoms with Gasteiger partial charge in [0.1, 0.15) is 17.3 Å². The molecule has 6 nitrogen and oxygen atoms in total. The predicted octanol–water partition coefficient (Wildman–Crippen LogP) is 4.54. The van der Waals surface area contributed by atoms with E-state index in [0.29, 0.717) is 35.4 Å². The molecule has 0 aliphatic carbocycles. The molecule has 0 aliphatic heterocycles. The van der Waals surface area contributed by atoms with Crippen LogP contribution in [-0.2, 0) is 6.54 Å². The van der Waals surface area contributed by atoms with Crippen molar-refractivity contribution in [2.24, 2.45) is 0 Å². The first kappa shape index (κ1) is 19.6. The molecule has 0 unspecified atom stereocenters. The molecule has 1 amide bonds. The van der Waals surface area contributed by atoms with E-state index in [2.05, 4.69) is 15.3 Å². The first-order valence-electron chi connectivity index (χ1n) is 8.86. The van der Waals surface area contributed by atoms with E-state index in [1.54, 1.807) is 24.1 Å². The minimum Gasteiger partial charge on any atom is -0.495 e. The summed E-state index contributed by atoms with van der Waals surface area (Å²) in [5.74, 6) is 0.958. The average Bonchev–Trinajstić information content (AvgIpc) is 2.73. The number of hydrogen-bond donors (Lipinski definition) is 1. The Bertz CT molecular complexity index is 933. The zero-order valence-electron chi connectivity index (χ0n) is 15.7. The number of nitrogens with one attached hydrogen (secondary N) is 1. The van der Waals surface area contributed by atoms with Gasteiger partial charge in [0.05, 0.1) is 24.5 Å². The van der Waals surface area contributed by atoms with Crippen LogP contribution in [0.1, 0.15) is 23.0 Å². The maximum Gasteiger partial charge on any atom is 0.274 e. The summed E-state index contributed by atoms with van der Waals surface area (Å²) in [5, 5.41) is 3.60. The van der Waals surface area contributed by atoms with Gasteiger partial charge in [-0.2, -0.15) is 0 Å². The summed E-state index contributed by atoms with van der Waals surface area (Å²) in [6, 6.07) is 15.2. The van der Waals surface area contributed by atoms with Gasteiger partial charge in [0.2, 0.25) is 0 Å². The van der Waals surface area contributed by atoms with Gasteiger partial charge in [-0.1, -0.05) is 41.9 Å². The SMILES string of the molecule is CCN(Cc1ccccc1)C(=O)c1cnc(Nc2ccc(OC)c(Cl)c2)cn1.